The van der Waals surface area contributed by atoms with E-state index in [9.17, 15) is 31.1 Å². The molecule has 0 atom stereocenters. The Morgan fingerprint density at radius 1 is 1.03 bits per heavy atom. The summed E-state index contributed by atoms with van der Waals surface area (Å²) >= 11 is 0.956. The maximum atomic E-state index is 14.0. The van der Waals surface area contributed by atoms with Crippen LogP contribution in [-0.4, -0.2) is 17.5 Å². The number of amides is 1. The predicted molar refractivity (Wildman–Crippen MR) is 92.2 cm³/mol. The fourth-order valence-electron chi connectivity index (χ4n) is 2.40. The van der Waals surface area contributed by atoms with Crippen LogP contribution in [0.1, 0.15) is 20.8 Å². The minimum atomic E-state index is -3.28. The standard InChI is InChI=1S/C18H10F6N2O2S/c19-11-2-1-8(4-12(11)20)3-10-7-25-18(29-10)26-16(27)15-13(21)5-9(6-14(15)22)28-17(23)24/h1-2,4-7,17H,3H2,(H,25,26,27). The van der Waals surface area contributed by atoms with Gasteiger partial charge in [0.2, 0.25) is 0 Å². The first-order chi connectivity index (χ1) is 13.7. The number of carbonyl (C=O) groups excluding carboxylic acids is 1. The molecule has 152 valence electrons. The first kappa shape index (κ1) is 20.6. The van der Waals surface area contributed by atoms with Gasteiger partial charge in [0.25, 0.3) is 5.91 Å². The van der Waals surface area contributed by atoms with E-state index in [1.807, 2.05) is 0 Å². The van der Waals surface area contributed by atoms with Gasteiger partial charge in [0.15, 0.2) is 16.8 Å². The van der Waals surface area contributed by atoms with Crippen LogP contribution in [0.2, 0.25) is 0 Å². The first-order valence-electron chi connectivity index (χ1n) is 7.86. The van der Waals surface area contributed by atoms with E-state index in [1.54, 1.807) is 0 Å². The molecule has 0 aliphatic carbocycles. The van der Waals surface area contributed by atoms with Crippen molar-refractivity contribution in [2.24, 2.45) is 0 Å². The van der Waals surface area contributed by atoms with Crippen molar-refractivity contribution in [1.29, 1.82) is 0 Å². The molecule has 3 aromatic rings. The average molecular weight is 432 g/mol. The summed E-state index contributed by atoms with van der Waals surface area (Å²) in [4.78, 5) is 16.6. The van der Waals surface area contributed by atoms with Crippen LogP contribution in [0.4, 0.5) is 31.5 Å². The zero-order valence-corrected chi connectivity index (χ0v) is 15.0. The highest BCUT2D eigenvalue weighted by molar-refractivity contribution is 7.15. The Balaban J connectivity index is 1.72. The zero-order valence-electron chi connectivity index (χ0n) is 14.2. The van der Waals surface area contributed by atoms with Gasteiger partial charge in [-0.2, -0.15) is 8.78 Å². The van der Waals surface area contributed by atoms with E-state index in [-0.39, 0.29) is 11.6 Å². The summed E-state index contributed by atoms with van der Waals surface area (Å²) in [6, 6.07) is 4.29. The number of anilines is 1. The van der Waals surface area contributed by atoms with Gasteiger partial charge in [0, 0.05) is 29.6 Å². The van der Waals surface area contributed by atoms with Crippen LogP contribution in [0.3, 0.4) is 0 Å². The molecule has 0 aliphatic rings. The molecule has 4 nitrogen and oxygen atoms in total. The van der Waals surface area contributed by atoms with Crippen molar-refractivity contribution in [3.63, 3.8) is 0 Å². The number of aromatic nitrogens is 1. The second-order valence-corrected chi connectivity index (χ2v) is 6.77. The van der Waals surface area contributed by atoms with E-state index >= 15 is 0 Å². The van der Waals surface area contributed by atoms with E-state index in [2.05, 4.69) is 15.0 Å². The molecule has 1 heterocycles. The number of benzene rings is 2. The Kier molecular flexibility index (Phi) is 6.06. The Morgan fingerprint density at radius 2 is 1.72 bits per heavy atom. The molecule has 0 radical (unpaired) electrons. The molecule has 11 heteroatoms. The highest BCUT2D eigenvalue weighted by Gasteiger charge is 2.21. The lowest BCUT2D eigenvalue weighted by Gasteiger charge is -2.08. The van der Waals surface area contributed by atoms with Gasteiger partial charge in [-0.15, -0.1) is 11.3 Å². The van der Waals surface area contributed by atoms with Crippen LogP contribution < -0.4 is 10.1 Å². The maximum absolute atomic E-state index is 14.0. The van der Waals surface area contributed by atoms with E-state index in [0.717, 1.165) is 23.5 Å². The normalized spacial score (nSPS) is 11.0. The molecular formula is C18H10F6N2O2S. The molecule has 3 rings (SSSR count). The van der Waals surface area contributed by atoms with Gasteiger partial charge in [-0.25, -0.2) is 22.5 Å². The molecule has 1 aromatic heterocycles. The largest absolute Gasteiger partial charge is 0.435 e. The Bertz CT molecular complexity index is 1030. The van der Waals surface area contributed by atoms with Gasteiger partial charge in [0.05, 0.1) is 0 Å². The Labute approximate surface area is 163 Å². The molecule has 0 aliphatic heterocycles. The van der Waals surface area contributed by atoms with Crippen LogP contribution >= 0.6 is 11.3 Å². The lowest BCUT2D eigenvalue weighted by molar-refractivity contribution is -0.0501. The average Bonchev–Trinajstić information content (AvgIpc) is 3.03. The second kappa shape index (κ2) is 8.52. The molecule has 0 unspecified atom stereocenters. The highest BCUT2D eigenvalue weighted by atomic mass is 32.1. The fourth-order valence-corrected chi connectivity index (χ4v) is 3.24. The number of alkyl halides is 2. The van der Waals surface area contributed by atoms with Crippen LogP contribution in [0, 0.1) is 23.3 Å². The number of thiazole rings is 1. The topological polar surface area (TPSA) is 51.2 Å². The first-order valence-corrected chi connectivity index (χ1v) is 8.68. The number of nitrogens with zero attached hydrogens (tertiary/aromatic N) is 1. The molecule has 0 saturated heterocycles. The van der Waals surface area contributed by atoms with Crippen LogP contribution in [-0.2, 0) is 6.42 Å². The van der Waals surface area contributed by atoms with Crippen molar-refractivity contribution in [1.82, 2.24) is 4.98 Å². The van der Waals surface area contributed by atoms with Gasteiger partial charge in [0.1, 0.15) is 22.9 Å². The molecule has 29 heavy (non-hydrogen) atoms. The van der Waals surface area contributed by atoms with Crippen molar-refractivity contribution in [2.75, 3.05) is 5.32 Å². The van der Waals surface area contributed by atoms with E-state index in [0.29, 0.717) is 22.6 Å². The summed E-state index contributed by atoms with van der Waals surface area (Å²) in [6.45, 7) is -3.28. The molecule has 0 bridgehead atoms. The molecule has 0 fully saturated rings. The monoisotopic (exact) mass is 432 g/mol. The summed E-state index contributed by atoms with van der Waals surface area (Å²) in [5, 5.41) is 2.19. The Morgan fingerprint density at radius 3 is 2.34 bits per heavy atom. The third-order valence-corrected chi connectivity index (χ3v) is 4.52. The summed E-state index contributed by atoms with van der Waals surface area (Å²) in [5.74, 6) is -6.73. The van der Waals surface area contributed by atoms with Gasteiger partial charge >= 0.3 is 6.61 Å². The van der Waals surface area contributed by atoms with Crippen LogP contribution in [0.5, 0.6) is 5.75 Å². The van der Waals surface area contributed by atoms with Gasteiger partial charge in [-0.3, -0.25) is 10.1 Å². The molecule has 0 saturated carbocycles. The zero-order chi connectivity index (χ0) is 21.1. The van der Waals surface area contributed by atoms with E-state index in [4.69, 9.17) is 0 Å². The van der Waals surface area contributed by atoms with Gasteiger partial charge < -0.3 is 4.74 Å². The lowest BCUT2D eigenvalue weighted by Crippen LogP contribution is -2.16. The fraction of sp³-hybridized carbons (Fsp3) is 0.111. The van der Waals surface area contributed by atoms with Crippen molar-refractivity contribution >= 4 is 22.4 Å². The summed E-state index contributed by atoms with van der Waals surface area (Å²) in [6.07, 6.45) is 1.54. The van der Waals surface area contributed by atoms with Crippen LogP contribution in [0.15, 0.2) is 36.5 Å². The van der Waals surface area contributed by atoms with Crippen LogP contribution in [0.25, 0.3) is 0 Å². The number of hydrogen-bond acceptors (Lipinski definition) is 4. The summed E-state index contributed by atoms with van der Waals surface area (Å²) < 4.78 is 82.3. The van der Waals surface area contributed by atoms with E-state index in [1.165, 1.54) is 12.3 Å². The number of carbonyl (C=O) groups is 1. The van der Waals surface area contributed by atoms with Crippen molar-refractivity contribution < 1.29 is 35.9 Å². The number of rotatable bonds is 6. The molecule has 2 aromatic carbocycles. The molecule has 1 amide bonds. The second-order valence-electron chi connectivity index (χ2n) is 5.65. The molecule has 1 N–H and O–H groups in total. The smallest absolute Gasteiger partial charge is 0.387 e. The number of nitrogens with one attached hydrogen (secondary N) is 1. The Hall–Kier alpha value is -3.08. The van der Waals surface area contributed by atoms with Crippen molar-refractivity contribution in [3.05, 3.63) is 75.8 Å². The summed E-state index contributed by atoms with van der Waals surface area (Å²) in [5.41, 5.74) is -0.541. The maximum Gasteiger partial charge on any atom is 0.387 e. The minimum absolute atomic E-state index is 0.000657. The summed E-state index contributed by atoms with van der Waals surface area (Å²) in [7, 11) is 0. The van der Waals surface area contributed by atoms with E-state index < -0.39 is 47.1 Å². The quantitative estimate of drug-likeness (QED) is 0.549. The minimum Gasteiger partial charge on any atom is -0.435 e. The lowest BCUT2D eigenvalue weighted by atomic mass is 10.1. The molecule has 0 spiro atoms. The third-order valence-electron chi connectivity index (χ3n) is 3.60. The van der Waals surface area contributed by atoms with Gasteiger partial charge in [-0.1, -0.05) is 6.07 Å². The SMILES string of the molecule is O=C(Nc1ncc(Cc2ccc(F)c(F)c2)s1)c1c(F)cc(OC(F)F)cc1F. The van der Waals surface area contributed by atoms with Crippen molar-refractivity contribution in [2.45, 2.75) is 13.0 Å². The molecular weight excluding hydrogens is 422 g/mol. The number of ether oxygens (including phenoxy) is 1. The number of hydrogen-bond donors (Lipinski definition) is 1. The van der Waals surface area contributed by atoms with Gasteiger partial charge in [-0.05, 0) is 17.7 Å². The highest BCUT2D eigenvalue weighted by Crippen LogP contribution is 2.25. The predicted octanol–water partition coefficient (Wildman–Crippen LogP) is 5.14. The number of halogens is 6. The van der Waals surface area contributed by atoms with Crippen molar-refractivity contribution in [3.8, 4) is 5.75 Å². The third kappa shape index (κ3) is 5.05.